The molecular formula is C45H72O7. The second-order valence-electron chi connectivity index (χ2n) is 18.4. The molecule has 0 unspecified atom stereocenters. The summed E-state index contributed by atoms with van der Waals surface area (Å²) in [5.74, 6) is 0.125. The summed E-state index contributed by atoms with van der Waals surface area (Å²) in [6, 6.07) is 0. The molecule has 0 radical (unpaired) electrons. The first-order valence-corrected chi connectivity index (χ1v) is 20.9. The van der Waals surface area contributed by atoms with E-state index in [-0.39, 0.29) is 58.0 Å². The van der Waals surface area contributed by atoms with Crippen LogP contribution in [0.4, 0.5) is 0 Å². The summed E-state index contributed by atoms with van der Waals surface area (Å²) in [5, 5.41) is 0. The quantitative estimate of drug-likeness (QED) is 0.0837. The van der Waals surface area contributed by atoms with Gasteiger partial charge in [-0.3, -0.25) is 19.2 Å². The summed E-state index contributed by atoms with van der Waals surface area (Å²) in [7, 11) is 0. The van der Waals surface area contributed by atoms with E-state index < -0.39 is 17.6 Å². The molecule has 3 fully saturated rings. The molecule has 3 saturated carbocycles. The van der Waals surface area contributed by atoms with Crippen molar-refractivity contribution < 1.29 is 33.4 Å². The molecule has 0 spiro atoms. The van der Waals surface area contributed by atoms with Crippen molar-refractivity contribution in [2.24, 2.45) is 39.4 Å². The van der Waals surface area contributed by atoms with E-state index in [2.05, 4.69) is 62.0 Å². The number of fused-ring (bicyclic) bond motifs is 5. The number of ketones is 1. The molecule has 4 aliphatic carbocycles. The Morgan fingerprint density at radius 3 is 1.98 bits per heavy atom. The third-order valence-electron chi connectivity index (χ3n) is 14.6. The van der Waals surface area contributed by atoms with Gasteiger partial charge in [0.1, 0.15) is 18.0 Å². The fraction of sp³-hybridized carbons (Fsp3) is 0.822. The molecular weight excluding hydrogens is 652 g/mol. The van der Waals surface area contributed by atoms with E-state index in [1.165, 1.54) is 11.1 Å². The Morgan fingerprint density at radius 2 is 1.40 bits per heavy atom. The Balaban J connectivity index is 1.75. The first kappa shape index (κ1) is 42.3. The Morgan fingerprint density at radius 1 is 0.827 bits per heavy atom. The summed E-state index contributed by atoms with van der Waals surface area (Å²) < 4.78 is 18.9. The van der Waals surface area contributed by atoms with Gasteiger partial charge >= 0.3 is 17.9 Å². The maximum atomic E-state index is 13.5. The standard InChI is InChI=1S/C45H72O7/c1-12-15-18-37(47)50-33(40(29(4)5)52-39(49)20-17-14-3)27-30(6)31-21-25-44(10)32(31)28-34(51-38(48)19-16-13-2)41-43(9)24-23-36(46)42(7,8)35(43)22-26-45(41,44)11/h30,33-35,40-41H,4,12-28H2,1-3,5-11H3/t30-,33+,34+,35+,40+,41+,43+,44+,45+/m1/s1. The van der Waals surface area contributed by atoms with Gasteiger partial charge < -0.3 is 14.2 Å². The maximum absolute atomic E-state index is 13.5. The SMILES string of the molecule is C=C(C)[C@H](OC(=O)CCCC)[C@H](C[C@@H](C)C1=C2C[C@H](OC(=O)CCCC)[C@H]3[C@@]4(C)CCC(=O)C(C)(C)[C@@H]4CC[C@]3(C)[C@@]2(C)CC1)OC(=O)CCCC. The first-order valence-electron chi connectivity index (χ1n) is 20.9. The second kappa shape index (κ2) is 16.9. The first-order chi connectivity index (χ1) is 24.4. The lowest BCUT2D eigenvalue weighted by Crippen LogP contribution is -2.66. The number of allylic oxidation sites excluding steroid dienone is 1. The van der Waals surface area contributed by atoms with Crippen LogP contribution < -0.4 is 0 Å². The highest BCUT2D eigenvalue weighted by Gasteiger charge is 2.70. The van der Waals surface area contributed by atoms with Crippen LogP contribution in [0, 0.1) is 39.4 Å². The average Bonchev–Trinajstić information content (AvgIpc) is 3.43. The Kier molecular flexibility index (Phi) is 13.8. The van der Waals surface area contributed by atoms with E-state index in [9.17, 15) is 19.2 Å². The zero-order chi connectivity index (χ0) is 38.6. The molecule has 9 atom stereocenters. The number of ether oxygens (including phenoxy) is 3. The minimum atomic E-state index is -0.719. The van der Waals surface area contributed by atoms with Crippen LogP contribution in [0.15, 0.2) is 23.3 Å². The van der Waals surface area contributed by atoms with Crippen molar-refractivity contribution in [2.45, 2.75) is 197 Å². The lowest BCUT2D eigenvalue weighted by Gasteiger charge is -2.69. The number of Topliss-reactive ketones (excluding diaryl/α,β-unsaturated/α-hetero) is 1. The minimum Gasteiger partial charge on any atom is -0.462 e. The van der Waals surface area contributed by atoms with Gasteiger partial charge in [-0.1, -0.05) is 99.3 Å². The zero-order valence-electron chi connectivity index (χ0n) is 34.5. The zero-order valence-corrected chi connectivity index (χ0v) is 34.5. The maximum Gasteiger partial charge on any atom is 0.306 e. The molecule has 0 N–H and O–H groups in total. The van der Waals surface area contributed by atoms with Crippen LogP contribution in [-0.4, -0.2) is 42.0 Å². The third-order valence-corrected chi connectivity index (χ3v) is 14.6. The van der Waals surface area contributed by atoms with Gasteiger partial charge in [-0.15, -0.1) is 0 Å². The van der Waals surface area contributed by atoms with E-state index in [0.717, 1.165) is 70.6 Å². The molecule has 0 aliphatic heterocycles. The van der Waals surface area contributed by atoms with Gasteiger partial charge in [0.05, 0.1) is 0 Å². The molecule has 0 saturated heterocycles. The van der Waals surface area contributed by atoms with Gasteiger partial charge in [0.25, 0.3) is 0 Å². The summed E-state index contributed by atoms with van der Waals surface area (Å²) in [6.07, 6.45) is 11.0. The number of rotatable bonds is 17. The number of carbonyl (C=O) groups is 4. The van der Waals surface area contributed by atoms with Crippen molar-refractivity contribution in [3.8, 4) is 0 Å². The van der Waals surface area contributed by atoms with Crippen molar-refractivity contribution >= 4 is 23.7 Å². The van der Waals surface area contributed by atoms with Crippen LogP contribution in [0.2, 0.25) is 0 Å². The van der Waals surface area contributed by atoms with E-state index in [1.54, 1.807) is 0 Å². The predicted octanol–water partition coefficient (Wildman–Crippen LogP) is 10.8. The smallest absolute Gasteiger partial charge is 0.306 e. The monoisotopic (exact) mass is 725 g/mol. The van der Waals surface area contributed by atoms with Crippen molar-refractivity contribution in [1.29, 1.82) is 0 Å². The fourth-order valence-electron chi connectivity index (χ4n) is 11.6. The van der Waals surface area contributed by atoms with E-state index >= 15 is 0 Å². The fourth-order valence-corrected chi connectivity index (χ4v) is 11.6. The molecule has 52 heavy (non-hydrogen) atoms. The Bertz CT molecular complexity index is 1380. The molecule has 0 aromatic rings. The molecule has 0 heterocycles. The normalized spacial score (nSPS) is 32.5. The molecule has 0 amide bonds. The van der Waals surface area contributed by atoms with Gasteiger partial charge in [0, 0.05) is 43.4 Å². The number of carbonyl (C=O) groups excluding carboxylic acids is 4. The number of hydrogen-bond donors (Lipinski definition) is 0. The van der Waals surface area contributed by atoms with E-state index in [0.29, 0.717) is 49.9 Å². The lowest BCUT2D eigenvalue weighted by molar-refractivity contribution is -0.218. The molecule has 0 aromatic heterocycles. The Labute approximate surface area is 315 Å². The number of unbranched alkanes of at least 4 members (excludes halogenated alkanes) is 3. The largest absolute Gasteiger partial charge is 0.462 e. The van der Waals surface area contributed by atoms with Crippen molar-refractivity contribution in [1.82, 2.24) is 0 Å². The van der Waals surface area contributed by atoms with Gasteiger partial charge in [-0.25, -0.2) is 0 Å². The summed E-state index contributed by atoms with van der Waals surface area (Å²) in [4.78, 5) is 52.9. The molecule has 7 nitrogen and oxygen atoms in total. The van der Waals surface area contributed by atoms with Gasteiger partial charge in [0.2, 0.25) is 0 Å². The van der Waals surface area contributed by atoms with Crippen molar-refractivity contribution in [3.63, 3.8) is 0 Å². The van der Waals surface area contributed by atoms with Gasteiger partial charge in [-0.05, 0) is 98.4 Å². The second-order valence-corrected chi connectivity index (χ2v) is 18.4. The highest BCUT2D eigenvalue weighted by Crippen LogP contribution is 2.74. The molecule has 4 rings (SSSR count). The van der Waals surface area contributed by atoms with Crippen LogP contribution in [0.5, 0.6) is 0 Å². The summed E-state index contributed by atoms with van der Waals surface area (Å²) in [6.45, 7) is 26.1. The number of esters is 3. The highest BCUT2D eigenvalue weighted by molar-refractivity contribution is 5.85. The minimum absolute atomic E-state index is 0.0479. The molecule has 7 heteroatoms. The molecule has 0 bridgehead atoms. The molecule has 4 aliphatic rings. The van der Waals surface area contributed by atoms with Crippen LogP contribution in [0.3, 0.4) is 0 Å². The molecule has 294 valence electrons. The summed E-state index contributed by atoms with van der Waals surface area (Å²) in [5.41, 5.74) is 2.70. The van der Waals surface area contributed by atoms with Gasteiger partial charge in [-0.2, -0.15) is 0 Å². The Hall–Kier alpha value is -2.44. The van der Waals surface area contributed by atoms with Crippen LogP contribution >= 0.6 is 0 Å². The van der Waals surface area contributed by atoms with Crippen LogP contribution in [-0.2, 0) is 33.4 Å². The topological polar surface area (TPSA) is 96.0 Å². The predicted molar refractivity (Wildman–Crippen MR) is 206 cm³/mol. The van der Waals surface area contributed by atoms with Crippen molar-refractivity contribution in [3.05, 3.63) is 23.3 Å². The van der Waals surface area contributed by atoms with Crippen LogP contribution in [0.1, 0.15) is 178 Å². The highest BCUT2D eigenvalue weighted by atomic mass is 16.6. The van der Waals surface area contributed by atoms with Crippen LogP contribution in [0.25, 0.3) is 0 Å². The van der Waals surface area contributed by atoms with E-state index in [1.807, 2.05) is 13.8 Å². The summed E-state index contributed by atoms with van der Waals surface area (Å²) >= 11 is 0. The van der Waals surface area contributed by atoms with E-state index in [4.69, 9.17) is 14.2 Å². The van der Waals surface area contributed by atoms with Gasteiger partial charge in [0.15, 0.2) is 6.10 Å². The lowest BCUT2D eigenvalue weighted by atomic mass is 9.36. The average molecular weight is 725 g/mol. The third kappa shape index (κ3) is 8.14. The van der Waals surface area contributed by atoms with Crippen molar-refractivity contribution in [2.75, 3.05) is 0 Å². The molecule has 0 aromatic carbocycles. The number of hydrogen-bond acceptors (Lipinski definition) is 7.